The number of benzene rings is 1. The third kappa shape index (κ3) is 3.63. The molecule has 2 nitrogen and oxygen atoms in total. The fourth-order valence-corrected chi connectivity index (χ4v) is 1.64. The summed E-state index contributed by atoms with van der Waals surface area (Å²) in [5.74, 6) is -0.310. The molecule has 0 amide bonds. The fourth-order valence-electron chi connectivity index (χ4n) is 1.64. The lowest BCUT2D eigenvalue weighted by atomic mass is 9.88. The van der Waals surface area contributed by atoms with Crippen LogP contribution in [0.25, 0.3) is 0 Å². The highest BCUT2D eigenvalue weighted by atomic mass is 19.4. The molecule has 17 heavy (non-hydrogen) atoms. The van der Waals surface area contributed by atoms with Crippen LogP contribution in [0.1, 0.15) is 32.3 Å². The second-order valence-corrected chi connectivity index (χ2v) is 3.81. The van der Waals surface area contributed by atoms with Crippen molar-refractivity contribution < 1.29 is 23.0 Å². The first-order valence-electron chi connectivity index (χ1n) is 5.39. The molecular formula is C12H15F3O2. The van der Waals surface area contributed by atoms with Crippen LogP contribution in [0.4, 0.5) is 13.2 Å². The van der Waals surface area contributed by atoms with Gasteiger partial charge in [0.25, 0.3) is 0 Å². The third-order valence-corrected chi connectivity index (χ3v) is 2.77. The minimum atomic E-state index is -4.71. The van der Waals surface area contributed by atoms with Crippen molar-refractivity contribution in [3.63, 3.8) is 0 Å². The standard InChI is InChI=1S/C12H15F3O2/c1-3-11(16,4-2)9-6-5-7-10(8-9)17-12(13,14)15/h5-8,16H,3-4H2,1-2H3. The Balaban J connectivity index is 3.01. The molecule has 0 saturated heterocycles. The Bertz CT molecular complexity index is 370. The van der Waals surface area contributed by atoms with Gasteiger partial charge in [0, 0.05) is 0 Å². The van der Waals surface area contributed by atoms with Crippen LogP contribution < -0.4 is 4.74 Å². The summed E-state index contributed by atoms with van der Waals surface area (Å²) in [7, 11) is 0. The van der Waals surface area contributed by atoms with E-state index in [1.807, 2.05) is 0 Å². The minimum Gasteiger partial charge on any atom is -0.406 e. The van der Waals surface area contributed by atoms with Crippen molar-refractivity contribution >= 4 is 0 Å². The molecule has 0 unspecified atom stereocenters. The molecular weight excluding hydrogens is 233 g/mol. The van der Waals surface area contributed by atoms with Gasteiger partial charge in [0.05, 0.1) is 5.60 Å². The van der Waals surface area contributed by atoms with E-state index in [1.165, 1.54) is 18.2 Å². The fraction of sp³-hybridized carbons (Fsp3) is 0.500. The summed E-state index contributed by atoms with van der Waals surface area (Å²) in [5.41, 5.74) is -0.672. The molecule has 0 spiro atoms. The molecule has 0 fully saturated rings. The van der Waals surface area contributed by atoms with E-state index in [-0.39, 0.29) is 5.75 Å². The van der Waals surface area contributed by atoms with Crippen molar-refractivity contribution in [2.75, 3.05) is 0 Å². The first kappa shape index (κ1) is 13.8. The van der Waals surface area contributed by atoms with Crippen molar-refractivity contribution in [3.8, 4) is 5.75 Å². The zero-order valence-corrected chi connectivity index (χ0v) is 9.71. The zero-order chi connectivity index (χ0) is 13.1. The Morgan fingerprint density at radius 1 is 1.18 bits per heavy atom. The van der Waals surface area contributed by atoms with E-state index in [2.05, 4.69) is 4.74 Å². The first-order valence-corrected chi connectivity index (χ1v) is 5.39. The maximum atomic E-state index is 12.0. The number of hydrogen-bond donors (Lipinski definition) is 1. The number of aliphatic hydroxyl groups is 1. The molecule has 5 heteroatoms. The Labute approximate surface area is 98.0 Å². The predicted octanol–water partition coefficient (Wildman–Crippen LogP) is 3.59. The predicted molar refractivity (Wildman–Crippen MR) is 57.6 cm³/mol. The van der Waals surface area contributed by atoms with Crippen LogP contribution >= 0.6 is 0 Å². The Morgan fingerprint density at radius 3 is 2.24 bits per heavy atom. The second kappa shape index (κ2) is 4.96. The normalized spacial score (nSPS) is 12.6. The van der Waals surface area contributed by atoms with Gasteiger partial charge in [0.15, 0.2) is 0 Å². The van der Waals surface area contributed by atoms with Gasteiger partial charge in [-0.05, 0) is 30.5 Å². The van der Waals surface area contributed by atoms with Crippen LogP contribution in [-0.4, -0.2) is 11.5 Å². The van der Waals surface area contributed by atoms with Crippen molar-refractivity contribution in [2.24, 2.45) is 0 Å². The number of hydrogen-bond acceptors (Lipinski definition) is 2. The quantitative estimate of drug-likeness (QED) is 0.882. The van der Waals surface area contributed by atoms with Crippen LogP contribution in [0.15, 0.2) is 24.3 Å². The molecule has 0 aromatic heterocycles. The van der Waals surface area contributed by atoms with Crippen LogP contribution in [-0.2, 0) is 5.60 Å². The first-order chi connectivity index (χ1) is 7.80. The number of rotatable bonds is 4. The molecule has 0 atom stereocenters. The molecule has 1 N–H and O–H groups in total. The summed E-state index contributed by atoms with van der Waals surface area (Å²) in [5, 5.41) is 10.2. The summed E-state index contributed by atoms with van der Waals surface area (Å²) in [6.07, 6.45) is -3.85. The summed E-state index contributed by atoms with van der Waals surface area (Å²) >= 11 is 0. The molecule has 0 aliphatic rings. The van der Waals surface area contributed by atoms with Gasteiger partial charge in [0.2, 0.25) is 0 Å². The van der Waals surface area contributed by atoms with E-state index < -0.39 is 12.0 Å². The topological polar surface area (TPSA) is 29.5 Å². The van der Waals surface area contributed by atoms with Crippen LogP contribution in [0, 0.1) is 0 Å². The van der Waals surface area contributed by atoms with Gasteiger partial charge in [-0.1, -0.05) is 26.0 Å². The Hall–Kier alpha value is -1.23. The maximum Gasteiger partial charge on any atom is 0.573 e. The van der Waals surface area contributed by atoms with Crippen LogP contribution in [0.3, 0.4) is 0 Å². The van der Waals surface area contributed by atoms with Crippen LogP contribution in [0.2, 0.25) is 0 Å². The lowest BCUT2D eigenvalue weighted by Crippen LogP contribution is -2.24. The van der Waals surface area contributed by atoms with Gasteiger partial charge in [-0.2, -0.15) is 0 Å². The van der Waals surface area contributed by atoms with E-state index in [0.29, 0.717) is 18.4 Å². The van der Waals surface area contributed by atoms with Gasteiger partial charge < -0.3 is 9.84 Å². The van der Waals surface area contributed by atoms with Gasteiger partial charge in [-0.15, -0.1) is 13.2 Å². The van der Waals surface area contributed by atoms with Crippen molar-refractivity contribution in [3.05, 3.63) is 29.8 Å². The number of ether oxygens (including phenoxy) is 1. The largest absolute Gasteiger partial charge is 0.573 e. The van der Waals surface area contributed by atoms with E-state index in [0.717, 1.165) is 0 Å². The SMILES string of the molecule is CCC(O)(CC)c1cccc(OC(F)(F)F)c1. The summed E-state index contributed by atoms with van der Waals surface area (Å²) < 4.78 is 40.0. The van der Waals surface area contributed by atoms with Crippen molar-refractivity contribution in [1.82, 2.24) is 0 Å². The average molecular weight is 248 g/mol. The highest BCUT2D eigenvalue weighted by Crippen LogP contribution is 2.32. The molecule has 0 saturated carbocycles. The number of halogens is 3. The number of alkyl halides is 3. The van der Waals surface area contributed by atoms with E-state index in [4.69, 9.17) is 0 Å². The van der Waals surface area contributed by atoms with Crippen LogP contribution in [0.5, 0.6) is 5.75 Å². The second-order valence-electron chi connectivity index (χ2n) is 3.81. The molecule has 1 aromatic rings. The van der Waals surface area contributed by atoms with E-state index in [1.54, 1.807) is 19.9 Å². The molecule has 0 bridgehead atoms. The van der Waals surface area contributed by atoms with Crippen molar-refractivity contribution in [2.45, 2.75) is 38.7 Å². The highest BCUT2D eigenvalue weighted by Gasteiger charge is 2.32. The van der Waals surface area contributed by atoms with Gasteiger partial charge >= 0.3 is 6.36 Å². The molecule has 0 heterocycles. The third-order valence-electron chi connectivity index (χ3n) is 2.77. The molecule has 0 radical (unpaired) electrons. The molecule has 0 aliphatic carbocycles. The van der Waals surface area contributed by atoms with Gasteiger partial charge in [-0.25, -0.2) is 0 Å². The lowest BCUT2D eigenvalue weighted by molar-refractivity contribution is -0.274. The summed E-state index contributed by atoms with van der Waals surface area (Å²) in [6.45, 7) is 3.56. The summed E-state index contributed by atoms with van der Waals surface area (Å²) in [4.78, 5) is 0. The van der Waals surface area contributed by atoms with Gasteiger partial charge in [-0.3, -0.25) is 0 Å². The van der Waals surface area contributed by atoms with Gasteiger partial charge in [0.1, 0.15) is 5.75 Å². The lowest BCUT2D eigenvalue weighted by Gasteiger charge is -2.26. The smallest absolute Gasteiger partial charge is 0.406 e. The maximum absolute atomic E-state index is 12.0. The molecule has 1 rings (SSSR count). The summed E-state index contributed by atoms with van der Waals surface area (Å²) in [6, 6.07) is 5.46. The monoisotopic (exact) mass is 248 g/mol. The zero-order valence-electron chi connectivity index (χ0n) is 9.71. The minimum absolute atomic E-state index is 0.310. The van der Waals surface area contributed by atoms with Crippen molar-refractivity contribution in [1.29, 1.82) is 0 Å². The van der Waals surface area contributed by atoms with E-state index >= 15 is 0 Å². The average Bonchev–Trinajstić information content (AvgIpc) is 2.26. The van der Waals surface area contributed by atoms with E-state index in [9.17, 15) is 18.3 Å². The molecule has 0 aliphatic heterocycles. The highest BCUT2D eigenvalue weighted by molar-refractivity contribution is 5.32. The molecule has 96 valence electrons. The molecule has 1 aromatic carbocycles. The Kier molecular flexibility index (Phi) is 4.03. The Morgan fingerprint density at radius 2 is 1.76 bits per heavy atom.